The Hall–Kier alpha value is -0.570. The first kappa shape index (κ1) is 12.9. The minimum absolute atomic E-state index is 0.0121. The van der Waals surface area contributed by atoms with Crippen LogP contribution < -0.4 is 11.1 Å². The van der Waals surface area contributed by atoms with Gasteiger partial charge in [-0.05, 0) is 37.5 Å². The Bertz CT molecular complexity index is 309. The van der Waals surface area contributed by atoms with Gasteiger partial charge in [0.25, 0.3) is 0 Å². The van der Waals surface area contributed by atoms with E-state index in [1.54, 1.807) is 0 Å². The standard InChI is InChI=1S/C14H26N2O/c1-13(2)8-10(13)9-16-12(17)11-6-4-5-7-14(11,3)15/h10-11H,4-9,15H2,1-3H3,(H,16,17). The quantitative estimate of drug-likeness (QED) is 0.790. The molecule has 0 bridgehead atoms. The first-order chi connectivity index (χ1) is 7.83. The van der Waals surface area contributed by atoms with E-state index in [0.29, 0.717) is 11.3 Å². The van der Waals surface area contributed by atoms with E-state index in [4.69, 9.17) is 5.73 Å². The van der Waals surface area contributed by atoms with E-state index in [9.17, 15) is 4.79 Å². The van der Waals surface area contributed by atoms with Gasteiger partial charge in [0.15, 0.2) is 0 Å². The van der Waals surface area contributed by atoms with E-state index in [1.807, 2.05) is 6.92 Å². The zero-order chi connectivity index (χ0) is 12.7. The predicted molar refractivity (Wildman–Crippen MR) is 69.4 cm³/mol. The van der Waals surface area contributed by atoms with Gasteiger partial charge >= 0.3 is 0 Å². The number of nitrogens with two attached hydrogens (primary N) is 1. The van der Waals surface area contributed by atoms with E-state index < -0.39 is 0 Å². The molecule has 0 aromatic rings. The maximum Gasteiger partial charge on any atom is 0.224 e. The third-order valence-corrected chi connectivity index (χ3v) is 4.81. The molecule has 2 rings (SSSR count). The number of hydrogen-bond donors (Lipinski definition) is 2. The third-order valence-electron chi connectivity index (χ3n) is 4.81. The topological polar surface area (TPSA) is 55.1 Å². The highest BCUT2D eigenvalue weighted by molar-refractivity contribution is 5.80. The average Bonchev–Trinajstić information content (AvgIpc) is 2.82. The highest BCUT2D eigenvalue weighted by Gasteiger charge is 2.46. The molecule has 3 unspecified atom stereocenters. The zero-order valence-corrected chi connectivity index (χ0v) is 11.4. The van der Waals surface area contributed by atoms with Crippen LogP contribution >= 0.6 is 0 Å². The molecule has 0 radical (unpaired) electrons. The molecule has 2 aliphatic rings. The van der Waals surface area contributed by atoms with Gasteiger partial charge in [0.1, 0.15) is 0 Å². The van der Waals surface area contributed by atoms with Crippen LogP contribution in [0.3, 0.4) is 0 Å². The molecule has 0 saturated heterocycles. The second-order valence-corrected chi connectivity index (χ2v) is 6.94. The monoisotopic (exact) mass is 238 g/mol. The van der Waals surface area contributed by atoms with Crippen molar-refractivity contribution in [2.24, 2.45) is 23.0 Å². The zero-order valence-electron chi connectivity index (χ0n) is 11.4. The second-order valence-electron chi connectivity index (χ2n) is 6.94. The van der Waals surface area contributed by atoms with Crippen molar-refractivity contribution in [1.29, 1.82) is 0 Å². The largest absolute Gasteiger partial charge is 0.356 e. The summed E-state index contributed by atoms with van der Waals surface area (Å²) in [7, 11) is 0. The number of rotatable bonds is 3. The molecule has 98 valence electrons. The second kappa shape index (κ2) is 4.27. The van der Waals surface area contributed by atoms with Gasteiger partial charge in [-0.2, -0.15) is 0 Å². The minimum atomic E-state index is -0.304. The third kappa shape index (κ3) is 2.82. The molecule has 0 aliphatic heterocycles. The van der Waals surface area contributed by atoms with Crippen LogP contribution in [-0.4, -0.2) is 18.0 Å². The number of hydrogen-bond acceptors (Lipinski definition) is 2. The lowest BCUT2D eigenvalue weighted by Crippen LogP contribution is -2.53. The van der Waals surface area contributed by atoms with Gasteiger partial charge < -0.3 is 11.1 Å². The molecule has 2 aliphatic carbocycles. The van der Waals surface area contributed by atoms with Crippen LogP contribution in [0.15, 0.2) is 0 Å². The fourth-order valence-electron chi connectivity index (χ4n) is 3.06. The van der Waals surface area contributed by atoms with Gasteiger partial charge in [0.2, 0.25) is 5.91 Å². The fourth-order valence-corrected chi connectivity index (χ4v) is 3.06. The Labute approximate surface area is 105 Å². The number of amides is 1. The summed E-state index contributed by atoms with van der Waals surface area (Å²) in [6.45, 7) is 7.38. The Balaban J connectivity index is 1.83. The van der Waals surface area contributed by atoms with E-state index >= 15 is 0 Å². The first-order valence-corrected chi connectivity index (χ1v) is 6.89. The summed E-state index contributed by atoms with van der Waals surface area (Å²) >= 11 is 0. The van der Waals surface area contributed by atoms with Crippen molar-refractivity contribution >= 4 is 5.91 Å². The van der Waals surface area contributed by atoms with Crippen molar-refractivity contribution < 1.29 is 4.79 Å². The molecule has 3 N–H and O–H groups in total. The Morgan fingerprint density at radius 1 is 1.35 bits per heavy atom. The van der Waals surface area contributed by atoms with Crippen LogP contribution in [0.25, 0.3) is 0 Å². The maximum absolute atomic E-state index is 12.2. The lowest BCUT2D eigenvalue weighted by atomic mass is 9.74. The summed E-state index contributed by atoms with van der Waals surface area (Å²) in [5, 5.41) is 3.11. The van der Waals surface area contributed by atoms with Crippen molar-refractivity contribution in [2.75, 3.05) is 6.54 Å². The summed E-state index contributed by atoms with van der Waals surface area (Å²) in [6.07, 6.45) is 5.46. The first-order valence-electron chi connectivity index (χ1n) is 6.89. The molecule has 3 atom stereocenters. The van der Waals surface area contributed by atoms with Crippen molar-refractivity contribution in [2.45, 2.75) is 58.4 Å². The van der Waals surface area contributed by atoms with Gasteiger partial charge in [-0.15, -0.1) is 0 Å². The van der Waals surface area contributed by atoms with E-state index in [2.05, 4.69) is 19.2 Å². The molecular weight excluding hydrogens is 212 g/mol. The van der Waals surface area contributed by atoms with Gasteiger partial charge in [-0.25, -0.2) is 0 Å². The van der Waals surface area contributed by atoms with E-state index in [-0.39, 0.29) is 17.4 Å². The van der Waals surface area contributed by atoms with Gasteiger partial charge in [0, 0.05) is 12.1 Å². The van der Waals surface area contributed by atoms with Crippen LogP contribution in [0.1, 0.15) is 52.9 Å². The molecular formula is C14H26N2O. The van der Waals surface area contributed by atoms with Crippen LogP contribution in [-0.2, 0) is 4.79 Å². The lowest BCUT2D eigenvalue weighted by molar-refractivity contribution is -0.128. The smallest absolute Gasteiger partial charge is 0.224 e. The summed E-state index contributed by atoms with van der Waals surface area (Å²) < 4.78 is 0. The molecule has 2 fully saturated rings. The Morgan fingerprint density at radius 3 is 2.53 bits per heavy atom. The SMILES string of the molecule is CC1(C)CC1CNC(=O)C1CCCCC1(C)N. The van der Waals surface area contributed by atoms with Crippen molar-refractivity contribution in [3.63, 3.8) is 0 Å². The van der Waals surface area contributed by atoms with Crippen LogP contribution in [0.2, 0.25) is 0 Å². The molecule has 0 spiro atoms. The predicted octanol–water partition coefficient (Wildman–Crippen LogP) is 2.06. The number of nitrogens with one attached hydrogen (secondary N) is 1. The molecule has 17 heavy (non-hydrogen) atoms. The molecule has 0 aromatic heterocycles. The molecule has 0 aromatic carbocycles. The fraction of sp³-hybridized carbons (Fsp3) is 0.929. The molecule has 0 heterocycles. The summed E-state index contributed by atoms with van der Waals surface area (Å²) in [5.41, 5.74) is 6.37. The highest BCUT2D eigenvalue weighted by atomic mass is 16.1. The highest BCUT2D eigenvalue weighted by Crippen LogP contribution is 2.51. The molecule has 1 amide bonds. The average molecular weight is 238 g/mol. The Morgan fingerprint density at radius 2 is 2.00 bits per heavy atom. The van der Waals surface area contributed by atoms with Crippen LogP contribution in [0, 0.1) is 17.3 Å². The van der Waals surface area contributed by atoms with E-state index in [0.717, 1.165) is 32.2 Å². The molecule has 2 saturated carbocycles. The van der Waals surface area contributed by atoms with Gasteiger partial charge in [-0.1, -0.05) is 26.7 Å². The summed E-state index contributed by atoms with van der Waals surface area (Å²) in [5.74, 6) is 0.856. The summed E-state index contributed by atoms with van der Waals surface area (Å²) in [6, 6.07) is 0. The van der Waals surface area contributed by atoms with Gasteiger partial charge in [-0.3, -0.25) is 4.79 Å². The minimum Gasteiger partial charge on any atom is -0.356 e. The van der Waals surface area contributed by atoms with Crippen molar-refractivity contribution in [3.8, 4) is 0 Å². The maximum atomic E-state index is 12.2. The van der Waals surface area contributed by atoms with Crippen molar-refractivity contribution in [1.82, 2.24) is 5.32 Å². The Kier molecular flexibility index (Phi) is 3.23. The number of carbonyl (C=O) groups excluding carboxylic acids is 1. The van der Waals surface area contributed by atoms with Crippen LogP contribution in [0.4, 0.5) is 0 Å². The lowest BCUT2D eigenvalue weighted by Gasteiger charge is -2.37. The van der Waals surface area contributed by atoms with E-state index in [1.165, 1.54) is 6.42 Å². The number of carbonyl (C=O) groups is 1. The van der Waals surface area contributed by atoms with Gasteiger partial charge in [0.05, 0.1) is 5.92 Å². The van der Waals surface area contributed by atoms with Crippen molar-refractivity contribution in [3.05, 3.63) is 0 Å². The summed E-state index contributed by atoms with van der Waals surface area (Å²) in [4.78, 5) is 12.2. The molecule has 3 nitrogen and oxygen atoms in total. The normalized spacial score (nSPS) is 39.8. The van der Waals surface area contributed by atoms with Crippen LogP contribution in [0.5, 0.6) is 0 Å². The molecule has 3 heteroatoms.